The van der Waals surface area contributed by atoms with E-state index in [-0.39, 0.29) is 12.4 Å². The largest absolute Gasteiger partial charge is 0.573 e. The van der Waals surface area contributed by atoms with Crippen molar-refractivity contribution in [1.82, 2.24) is 0 Å². The Bertz CT molecular complexity index is 322. The second-order valence-electron chi connectivity index (χ2n) is 3.30. The van der Waals surface area contributed by atoms with E-state index in [4.69, 9.17) is 9.84 Å². The second kappa shape index (κ2) is 6.34. The maximum absolute atomic E-state index is 11.9. The SMILES string of the molecule is OCCCCOc1ccc(OC(F)(F)F)cc1. The second-order valence-corrected chi connectivity index (χ2v) is 3.30. The third kappa shape index (κ3) is 6.01. The third-order valence-electron chi connectivity index (χ3n) is 1.88. The van der Waals surface area contributed by atoms with Gasteiger partial charge in [0.05, 0.1) is 6.61 Å². The molecule has 0 saturated carbocycles. The highest BCUT2D eigenvalue weighted by molar-refractivity contribution is 5.31. The first-order valence-corrected chi connectivity index (χ1v) is 5.11. The molecule has 6 heteroatoms. The highest BCUT2D eigenvalue weighted by atomic mass is 19.4. The number of hydrogen-bond acceptors (Lipinski definition) is 3. The average Bonchev–Trinajstić information content (AvgIpc) is 2.25. The van der Waals surface area contributed by atoms with Crippen molar-refractivity contribution in [3.63, 3.8) is 0 Å². The molecule has 1 rings (SSSR count). The minimum absolute atomic E-state index is 0.0989. The molecule has 0 aliphatic rings. The number of rotatable bonds is 6. The highest BCUT2D eigenvalue weighted by Crippen LogP contribution is 2.24. The van der Waals surface area contributed by atoms with Gasteiger partial charge < -0.3 is 14.6 Å². The molecule has 0 amide bonds. The number of unbranched alkanes of at least 4 members (excludes halogenated alkanes) is 1. The van der Waals surface area contributed by atoms with Crippen molar-refractivity contribution in [2.24, 2.45) is 0 Å². The lowest BCUT2D eigenvalue weighted by Crippen LogP contribution is -2.16. The maximum Gasteiger partial charge on any atom is 0.573 e. The molecule has 0 atom stereocenters. The van der Waals surface area contributed by atoms with Crippen molar-refractivity contribution in [2.45, 2.75) is 19.2 Å². The molecule has 0 aliphatic carbocycles. The summed E-state index contributed by atoms with van der Waals surface area (Å²) >= 11 is 0. The van der Waals surface area contributed by atoms with E-state index in [9.17, 15) is 13.2 Å². The summed E-state index contributed by atoms with van der Waals surface area (Å²) in [5, 5.41) is 8.53. The van der Waals surface area contributed by atoms with E-state index in [0.29, 0.717) is 25.2 Å². The van der Waals surface area contributed by atoms with Crippen LogP contribution in [0.3, 0.4) is 0 Å². The molecule has 0 spiro atoms. The summed E-state index contributed by atoms with van der Waals surface area (Å²) in [6.45, 7) is 0.516. The van der Waals surface area contributed by atoms with Crippen LogP contribution in [0, 0.1) is 0 Å². The molecule has 1 N–H and O–H groups in total. The number of aliphatic hydroxyl groups excluding tert-OH is 1. The lowest BCUT2D eigenvalue weighted by atomic mass is 10.3. The van der Waals surface area contributed by atoms with Gasteiger partial charge in [0.15, 0.2) is 0 Å². The fourth-order valence-corrected chi connectivity index (χ4v) is 1.14. The van der Waals surface area contributed by atoms with Gasteiger partial charge in [-0.25, -0.2) is 0 Å². The van der Waals surface area contributed by atoms with Crippen molar-refractivity contribution < 1.29 is 27.8 Å². The smallest absolute Gasteiger partial charge is 0.494 e. The summed E-state index contributed by atoms with van der Waals surface area (Å²) in [5.74, 6) is 0.192. The summed E-state index contributed by atoms with van der Waals surface area (Å²) in [4.78, 5) is 0. The van der Waals surface area contributed by atoms with Crippen LogP contribution in [-0.4, -0.2) is 24.7 Å². The van der Waals surface area contributed by atoms with Crippen molar-refractivity contribution >= 4 is 0 Å². The van der Waals surface area contributed by atoms with E-state index in [1.807, 2.05) is 0 Å². The molecule has 0 heterocycles. The Morgan fingerprint density at radius 1 is 1.00 bits per heavy atom. The molecule has 17 heavy (non-hydrogen) atoms. The summed E-state index contributed by atoms with van der Waals surface area (Å²) in [6.07, 6.45) is -3.35. The van der Waals surface area contributed by atoms with Gasteiger partial charge in [-0.2, -0.15) is 0 Å². The fraction of sp³-hybridized carbons (Fsp3) is 0.455. The van der Waals surface area contributed by atoms with Gasteiger partial charge in [0, 0.05) is 6.61 Å². The third-order valence-corrected chi connectivity index (χ3v) is 1.88. The van der Waals surface area contributed by atoms with Gasteiger partial charge in [0.25, 0.3) is 0 Å². The first-order valence-electron chi connectivity index (χ1n) is 5.11. The molecule has 0 saturated heterocycles. The minimum atomic E-state index is -4.68. The lowest BCUT2D eigenvalue weighted by Gasteiger charge is -2.10. The van der Waals surface area contributed by atoms with Crippen molar-refractivity contribution in [3.05, 3.63) is 24.3 Å². The number of benzene rings is 1. The Balaban J connectivity index is 2.39. The van der Waals surface area contributed by atoms with Crippen LogP contribution in [-0.2, 0) is 0 Å². The predicted molar refractivity (Wildman–Crippen MR) is 54.9 cm³/mol. The molecule has 0 radical (unpaired) electrons. The van der Waals surface area contributed by atoms with Crippen LogP contribution >= 0.6 is 0 Å². The van der Waals surface area contributed by atoms with E-state index in [2.05, 4.69) is 4.74 Å². The number of aliphatic hydroxyl groups is 1. The number of hydrogen-bond donors (Lipinski definition) is 1. The maximum atomic E-state index is 11.9. The van der Waals surface area contributed by atoms with Crippen LogP contribution in [0.15, 0.2) is 24.3 Å². The Labute approximate surface area is 96.8 Å². The molecule has 3 nitrogen and oxygen atoms in total. The first kappa shape index (κ1) is 13.6. The standard InChI is InChI=1S/C11H13F3O3/c12-11(13,14)17-10-5-3-9(4-6-10)16-8-2-1-7-15/h3-6,15H,1-2,7-8H2. The van der Waals surface area contributed by atoms with Crippen LogP contribution in [0.4, 0.5) is 13.2 Å². The highest BCUT2D eigenvalue weighted by Gasteiger charge is 2.30. The molecule has 0 bridgehead atoms. The molecule has 0 aromatic heterocycles. The predicted octanol–water partition coefficient (Wildman–Crippen LogP) is 2.74. The quantitative estimate of drug-likeness (QED) is 0.789. The topological polar surface area (TPSA) is 38.7 Å². The van der Waals surface area contributed by atoms with E-state index in [0.717, 1.165) is 0 Å². The van der Waals surface area contributed by atoms with Gasteiger partial charge >= 0.3 is 6.36 Å². The van der Waals surface area contributed by atoms with Crippen LogP contribution in [0.25, 0.3) is 0 Å². The minimum Gasteiger partial charge on any atom is -0.494 e. The van der Waals surface area contributed by atoms with Crippen molar-refractivity contribution in [3.8, 4) is 11.5 Å². The molecule has 0 aliphatic heterocycles. The van der Waals surface area contributed by atoms with E-state index < -0.39 is 6.36 Å². The fourth-order valence-electron chi connectivity index (χ4n) is 1.14. The molecule has 1 aromatic carbocycles. The van der Waals surface area contributed by atoms with Gasteiger partial charge in [-0.1, -0.05) is 0 Å². The first-order chi connectivity index (χ1) is 8.01. The molecule has 1 aromatic rings. The molecular formula is C11H13F3O3. The van der Waals surface area contributed by atoms with E-state index in [1.165, 1.54) is 24.3 Å². The van der Waals surface area contributed by atoms with Crippen LogP contribution in [0.5, 0.6) is 11.5 Å². The summed E-state index contributed by atoms with van der Waals surface area (Å²) < 4.78 is 44.5. The molecular weight excluding hydrogens is 237 g/mol. The normalized spacial score (nSPS) is 11.3. The number of alkyl halides is 3. The van der Waals surface area contributed by atoms with Gasteiger partial charge in [0.1, 0.15) is 11.5 Å². The van der Waals surface area contributed by atoms with Crippen LogP contribution in [0.2, 0.25) is 0 Å². The van der Waals surface area contributed by atoms with Gasteiger partial charge in [-0.15, -0.1) is 13.2 Å². The zero-order chi connectivity index (χ0) is 12.7. The van der Waals surface area contributed by atoms with Crippen LogP contribution < -0.4 is 9.47 Å². The van der Waals surface area contributed by atoms with Gasteiger partial charge in [-0.3, -0.25) is 0 Å². The zero-order valence-corrected chi connectivity index (χ0v) is 9.04. The number of ether oxygens (including phenoxy) is 2. The van der Waals surface area contributed by atoms with E-state index in [1.54, 1.807) is 0 Å². The lowest BCUT2D eigenvalue weighted by molar-refractivity contribution is -0.274. The van der Waals surface area contributed by atoms with Gasteiger partial charge in [-0.05, 0) is 37.1 Å². The summed E-state index contributed by atoms with van der Waals surface area (Å²) in [7, 11) is 0. The van der Waals surface area contributed by atoms with Crippen molar-refractivity contribution in [2.75, 3.05) is 13.2 Å². The van der Waals surface area contributed by atoms with E-state index >= 15 is 0 Å². The Morgan fingerprint density at radius 2 is 1.59 bits per heavy atom. The molecule has 0 unspecified atom stereocenters. The Morgan fingerprint density at radius 3 is 2.12 bits per heavy atom. The zero-order valence-electron chi connectivity index (χ0n) is 9.04. The summed E-state index contributed by atoms with van der Waals surface area (Å²) in [5.41, 5.74) is 0. The monoisotopic (exact) mass is 250 g/mol. The Hall–Kier alpha value is -1.43. The molecule has 96 valence electrons. The summed E-state index contributed by atoms with van der Waals surface area (Å²) in [6, 6.07) is 5.18. The van der Waals surface area contributed by atoms with Crippen molar-refractivity contribution in [1.29, 1.82) is 0 Å². The Kier molecular flexibility index (Phi) is 5.09. The van der Waals surface area contributed by atoms with Crippen LogP contribution in [0.1, 0.15) is 12.8 Å². The van der Waals surface area contributed by atoms with Gasteiger partial charge in [0.2, 0.25) is 0 Å². The average molecular weight is 250 g/mol. The molecule has 0 fully saturated rings. The number of halogens is 3.